The molecule has 2 N–H and O–H groups in total. The maximum atomic E-state index is 16.0. The molecule has 4 aromatic rings. The fraction of sp³-hybridized carbons (Fsp3) is 0.231. The number of aromatic nitrogens is 2. The van der Waals surface area contributed by atoms with Crippen LogP contribution in [-0.2, 0) is 4.79 Å². The van der Waals surface area contributed by atoms with E-state index in [0.29, 0.717) is 23.3 Å². The largest absolute Gasteiger partial charge is 0.389 e. The molecule has 0 spiro atoms. The third kappa shape index (κ3) is 3.46. The summed E-state index contributed by atoms with van der Waals surface area (Å²) in [6, 6.07) is 7.91. The van der Waals surface area contributed by atoms with Crippen molar-refractivity contribution in [3.05, 3.63) is 60.4 Å². The van der Waals surface area contributed by atoms with Crippen LogP contribution in [-0.4, -0.2) is 46.5 Å². The van der Waals surface area contributed by atoms with Gasteiger partial charge in [0.1, 0.15) is 34.5 Å². The summed E-state index contributed by atoms with van der Waals surface area (Å²) in [4.78, 5) is 24.5. The highest BCUT2D eigenvalue weighted by Crippen LogP contribution is 2.42. The predicted molar refractivity (Wildman–Crippen MR) is 138 cm³/mol. The van der Waals surface area contributed by atoms with Gasteiger partial charge in [-0.2, -0.15) is 5.26 Å². The van der Waals surface area contributed by atoms with Crippen LogP contribution in [0.5, 0.6) is 0 Å². The number of fused-ring (bicyclic) bond motifs is 2. The van der Waals surface area contributed by atoms with E-state index < -0.39 is 11.6 Å². The molecule has 0 saturated carbocycles. The standard InChI is InChI=1S/C26H22F2N6OS/c1-4-20(35)34-10-9-19(13(34)2)33(3)26-16-6-5-15(22(28)23(16)31-12-32-26)14-7-8-18(27)24-21(14)17(11-29)25(30)36-24/h4-8,12-13,19H,1,9-10,30H2,2-3H3. The van der Waals surface area contributed by atoms with Gasteiger partial charge in [-0.25, -0.2) is 18.7 Å². The number of halogens is 2. The van der Waals surface area contributed by atoms with E-state index in [1.54, 1.807) is 17.0 Å². The summed E-state index contributed by atoms with van der Waals surface area (Å²) in [6.45, 7) is 6.14. The minimum atomic E-state index is -0.603. The highest BCUT2D eigenvalue weighted by atomic mass is 32.1. The topological polar surface area (TPSA) is 99.1 Å². The number of likely N-dealkylation sites (tertiary alicyclic amines) is 1. The van der Waals surface area contributed by atoms with Crippen molar-refractivity contribution in [2.75, 3.05) is 24.2 Å². The van der Waals surface area contributed by atoms with Crippen LogP contribution in [0.2, 0.25) is 0 Å². The number of carbonyl (C=O) groups excluding carboxylic acids is 1. The zero-order valence-corrected chi connectivity index (χ0v) is 20.4. The Morgan fingerprint density at radius 3 is 2.78 bits per heavy atom. The minimum Gasteiger partial charge on any atom is -0.389 e. The van der Waals surface area contributed by atoms with Crippen molar-refractivity contribution >= 4 is 49.1 Å². The Bertz CT molecular complexity index is 1590. The van der Waals surface area contributed by atoms with E-state index in [1.165, 1.54) is 24.5 Å². The van der Waals surface area contributed by atoms with E-state index >= 15 is 4.39 Å². The molecule has 1 fully saturated rings. The number of hydrogen-bond donors (Lipinski definition) is 1. The maximum absolute atomic E-state index is 16.0. The monoisotopic (exact) mass is 504 g/mol. The fourth-order valence-corrected chi connectivity index (χ4v) is 6.07. The molecule has 2 aromatic heterocycles. The number of benzene rings is 2. The lowest BCUT2D eigenvalue weighted by molar-refractivity contribution is -0.126. The first kappa shape index (κ1) is 23.6. The second-order valence-corrected chi connectivity index (χ2v) is 9.77. The van der Waals surface area contributed by atoms with E-state index in [9.17, 15) is 14.4 Å². The van der Waals surface area contributed by atoms with E-state index in [4.69, 9.17) is 5.73 Å². The third-order valence-corrected chi connectivity index (χ3v) is 7.97. The maximum Gasteiger partial charge on any atom is 0.246 e. The molecule has 1 aliphatic heterocycles. The van der Waals surface area contributed by atoms with Crippen LogP contribution >= 0.6 is 11.3 Å². The first-order chi connectivity index (χ1) is 17.3. The normalized spacial score (nSPS) is 17.5. The molecular formula is C26H22F2N6OS. The first-order valence-corrected chi connectivity index (χ1v) is 12.1. The van der Waals surface area contributed by atoms with Gasteiger partial charge in [0.2, 0.25) is 5.91 Å². The van der Waals surface area contributed by atoms with Crippen LogP contribution in [0.4, 0.5) is 19.6 Å². The van der Waals surface area contributed by atoms with Crippen molar-refractivity contribution in [1.29, 1.82) is 5.26 Å². The van der Waals surface area contributed by atoms with Gasteiger partial charge in [-0.3, -0.25) is 4.79 Å². The molecule has 5 rings (SSSR count). The molecule has 7 nitrogen and oxygen atoms in total. The fourth-order valence-electron chi connectivity index (χ4n) is 5.12. The van der Waals surface area contributed by atoms with Crippen molar-refractivity contribution in [3.8, 4) is 17.2 Å². The number of hydrogen-bond acceptors (Lipinski definition) is 7. The van der Waals surface area contributed by atoms with E-state index in [0.717, 1.165) is 17.8 Å². The molecule has 36 heavy (non-hydrogen) atoms. The molecule has 1 amide bonds. The number of carbonyl (C=O) groups is 1. The predicted octanol–water partition coefficient (Wildman–Crippen LogP) is 4.86. The van der Waals surface area contributed by atoms with Gasteiger partial charge in [-0.05, 0) is 37.1 Å². The SMILES string of the molecule is C=CC(=O)N1CCC(N(C)c2ncnc3c(F)c(-c4ccc(F)c5sc(N)c(C#N)c45)ccc23)C1C. The van der Waals surface area contributed by atoms with Gasteiger partial charge >= 0.3 is 0 Å². The summed E-state index contributed by atoms with van der Waals surface area (Å²) < 4.78 is 30.6. The van der Waals surface area contributed by atoms with Crippen molar-refractivity contribution in [1.82, 2.24) is 14.9 Å². The van der Waals surface area contributed by atoms with Gasteiger partial charge in [0, 0.05) is 36.0 Å². The van der Waals surface area contributed by atoms with Crippen molar-refractivity contribution in [2.24, 2.45) is 0 Å². The van der Waals surface area contributed by atoms with Gasteiger partial charge in [0.15, 0.2) is 5.82 Å². The smallest absolute Gasteiger partial charge is 0.246 e. The third-order valence-electron chi connectivity index (χ3n) is 6.95. The van der Waals surface area contributed by atoms with Crippen molar-refractivity contribution in [3.63, 3.8) is 0 Å². The van der Waals surface area contributed by atoms with Crippen LogP contribution in [0.25, 0.3) is 32.1 Å². The number of nitrogens with zero attached hydrogens (tertiary/aromatic N) is 5. The molecule has 1 aliphatic rings. The zero-order valence-electron chi connectivity index (χ0n) is 19.6. The Labute approximate surface area is 210 Å². The second kappa shape index (κ2) is 8.84. The summed E-state index contributed by atoms with van der Waals surface area (Å²) in [5.41, 5.74) is 6.73. The molecule has 0 radical (unpaired) electrons. The minimum absolute atomic E-state index is 0.0292. The molecule has 0 aliphatic carbocycles. The van der Waals surface area contributed by atoms with Gasteiger partial charge in [0.25, 0.3) is 0 Å². The quantitative estimate of drug-likeness (QED) is 0.399. The van der Waals surface area contributed by atoms with E-state index in [2.05, 4.69) is 16.5 Å². The number of amides is 1. The number of nitrogens with two attached hydrogens (primary N) is 1. The lowest BCUT2D eigenvalue weighted by Gasteiger charge is -2.31. The van der Waals surface area contributed by atoms with Gasteiger partial charge in [-0.15, -0.1) is 11.3 Å². The summed E-state index contributed by atoms with van der Waals surface area (Å²) in [6.07, 6.45) is 3.34. The Balaban J connectivity index is 1.62. The van der Waals surface area contributed by atoms with Crippen molar-refractivity contribution < 1.29 is 13.6 Å². The number of nitriles is 1. The highest BCUT2D eigenvalue weighted by molar-refractivity contribution is 7.23. The van der Waals surface area contributed by atoms with E-state index in [-0.39, 0.29) is 49.7 Å². The summed E-state index contributed by atoms with van der Waals surface area (Å²) in [7, 11) is 1.87. The number of rotatable bonds is 4. The molecule has 10 heteroatoms. The molecule has 2 atom stereocenters. The van der Waals surface area contributed by atoms with Gasteiger partial charge in [-0.1, -0.05) is 18.7 Å². The second-order valence-electron chi connectivity index (χ2n) is 8.72. The van der Waals surface area contributed by atoms with Crippen LogP contribution in [0, 0.1) is 23.0 Å². The molecule has 2 unspecified atom stereocenters. The van der Waals surface area contributed by atoms with Crippen LogP contribution in [0.15, 0.2) is 43.2 Å². The Morgan fingerprint density at radius 1 is 1.31 bits per heavy atom. The molecule has 1 saturated heterocycles. The Morgan fingerprint density at radius 2 is 2.06 bits per heavy atom. The number of thiophene rings is 1. The number of nitrogen functional groups attached to an aromatic ring is 1. The summed E-state index contributed by atoms with van der Waals surface area (Å²) >= 11 is 0.964. The lowest BCUT2D eigenvalue weighted by atomic mass is 9.97. The number of anilines is 2. The summed E-state index contributed by atoms with van der Waals surface area (Å²) in [5, 5.41) is 10.6. The van der Waals surface area contributed by atoms with Crippen LogP contribution in [0.3, 0.4) is 0 Å². The first-order valence-electron chi connectivity index (χ1n) is 11.3. The van der Waals surface area contributed by atoms with Crippen molar-refractivity contribution in [2.45, 2.75) is 25.4 Å². The van der Waals surface area contributed by atoms with Gasteiger partial charge in [0.05, 0.1) is 16.3 Å². The molecule has 182 valence electrons. The average Bonchev–Trinajstić information content (AvgIpc) is 3.43. The van der Waals surface area contributed by atoms with Crippen LogP contribution in [0.1, 0.15) is 18.9 Å². The lowest BCUT2D eigenvalue weighted by Crippen LogP contribution is -2.43. The molecular weight excluding hydrogens is 482 g/mol. The Hall–Kier alpha value is -4.10. The van der Waals surface area contributed by atoms with Gasteiger partial charge < -0.3 is 15.5 Å². The highest BCUT2D eigenvalue weighted by Gasteiger charge is 2.36. The zero-order chi connectivity index (χ0) is 25.7. The van der Waals surface area contributed by atoms with E-state index in [1.807, 2.05) is 24.9 Å². The Kier molecular flexibility index (Phi) is 5.80. The molecule has 0 bridgehead atoms. The molecule has 3 heterocycles. The van der Waals surface area contributed by atoms with Crippen LogP contribution < -0.4 is 10.6 Å². The number of likely N-dealkylation sites (N-methyl/N-ethyl adjacent to an activating group) is 1. The summed E-state index contributed by atoms with van der Waals surface area (Å²) in [5.74, 6) is -0.710. The molecule has 2 aromatic carbocycles. The average molecular weight is 505 g/mol.